The summed E-state index contributed by atoms with van der Waals surface area (Å²) in [5, 5.41) is 2.98. The van der Waals surface area contributed by atoms with Crippen LogP contribution in [0, 0.1) is 0 Å². The van der Waals surface area contributed by atoms with Crippen LogP contribution in [-0.4, -0.2) is 48.4 Å². The van der Waals surface area contributed by atoms with Gasteiger partial charge in [0.05, 0.1) is 12.1 Å². The van der Waals surface area contributed by atoms with Gasteiger partial charge in [0.1, 0.15) is 12.0 Å². The Morgan fingerprint density at radius 1 is 1.15 bits per heavy atom. The van der Waals surface area contributed by atoms with Gasteiger partial charge in [0.25, 0.3) is 5.91 Å². The molecule has 1 aliphatic rings. The standard InChI is InChI=1S/C20H28N4O2/c1-2-23-7-9-24(10-8-23)14-17-6-4-3-5-16(17)13-22-20(25)18-11-19(12-21)26-15-18/h3-6,11,15H,2,7-10,12-14,21H2,1H3,(H,22,25). The first-order chi connectivity index (χ1) is 12.7. The Hall–Kier alpha value is -2.15. The maximum absolute atomic E-state index is 12.3. The van der Waals surface area contributed by atoms with E-state index in [1.54, 1.807) is 6.07 Å². The van der Waals surface area contributed by atoms with Crippen LogP contribution in [0.2, 0.25) is 0 Å². The molecule has 0 saturated carbocycles. The number of likely N-dealkylation sites (N-methyl/N-ethyl adjacent to an activating group) is 1. The molecule has 1 aromatic heterocycles. The minimum Gasteiger partial charge on any atom is -0.467 e. The zero-order valence-corrected chi connectivity index (χ0v) is 15.4. The molecule has 1 fully saturated rings. The summed E-state index contributed by atoms with van der Waals surface area (Å²) in [7, 11) is 0. The third kappa shape index (κ3) is 4.72. The van der Waals surface area contributed by atoms with Gasteiger partial charge >= 0.3 is 0 Å². The fourth-order valence-electron chi connectivity index (χ4n) is 3.27. The molecule has 2 aromatic rings. The lowest BCUT2D eigenvalue weighted by Gasteiger charge is -2.34. The second-order valence-electron chi connectivity index (χ2n) is 6.67. The van der Waals surface area contributed by atoms with E-state index in [0.717, 1.165) is 44.8 Å². The van der Waals surface area contributed by atoms with E-state index in [0.29, 0.717) is 24.4 Å². The van der Waals surface area contributed by atoms with Crippen molar-refractivity contribution < 1.29 is 9.21 Å². The molecule has 0 aliphatic carbocycles. The van der Waals surface area contributed by atoms with Crippen molar-refractivity contribution >= 4 is 5.91 Å². The van der Waals surface area contributed by atoms with E-state index in [9.17, 15) is 4.79 Å². The SMILES string of the molecule is CCN1CCN(Cc2ccccc2CNC(=O)c2coc(CN)c2)CC1. The average molecular weight is 356 g/mol. The number of hydrogen-bond acceptors (Lipinski definition) is 5. The molecular weight excluding hydrogens is 328 g/mol. The number of hydrogen-bond donors (Lipinski definition) is 2. The summed E-state index contributed by atoms with van der Waals surface area (Å²) < 4.78 is 5.23. The monoisotopic (exact) mass is 356 g/mol. The predicted molar refractivity (Wildman–Crippen MR) is 102 cm³/mol. The predicted octanol–water partition coefficient (Wildman–Crippen LogP) is 1.81. The van der Waals surface area contributed by atoms with Gasteiger partial charge < -0.3 is 20.4 Å². The van der Waals surface area contributed by atoms with Crippen molar-refractivity contribution in [2.45, 2.75) is 26.6 Å². The highest BCUT2D eigenvalue weighted by molar-refractivity contribution is 5.93. The number of carbonyl (C=O) groups excluding carboxylic acids is 1. The molecule has 0 unspecified atom stereocenters. The van der Waals surface area contributed by atoms with Crippen molar-refractivity contribution in [3.63, 3.8) is 0 Å². The smallest absolute Gasteiger partial charge is 0.254 e. The van der Waals surface area contributed by atoms with Gasteiger partial charge in [-0.15, -0.1) is 0 Å². The first-order valence-corrected chi connectivity index (χ1v) is 9.26. The fraction of sp³-hybridized carbons (Fsp3) is 0.450. The third-order valence-electron chi connectivity index (χ3n) is 4.98. The van der Waals surface area contributed by atoms with E-state index < -0.39 is 0 Å². The second kappa shape index (κ2) is 8.98. The number of amides is 1. The molecule has 140 valence electrons. The van der Waals surface area contributed by atoms with Crippen LogP contribution in [0.25, 0.3) is 0 Å². The van der Waals surface area contributed by atoms with Crippen molar-refractivity contribution in [2.75, 3.05) is 32.7 Å². The molecule has 0 atom stereocenters. The Balaban J connectivity index is 1.57. The summed E-state index contributed by atoms with van der Waals surface area (Å²) in [6.45, 7) is 9.48. The van der Waals surface area contributed by atoms with E-state index in [1.165, 1.54) is 11.8 Å². The Morgan fingerprint density at radius 3 is 2.50 bits per heavy atom. The van der Waals surface area contributed by atoms with Crippen molar-refractivity contribution in [1.29, 1.82) is 0 Å². The van der Waals surface area contributed by atoms with Gasteiger partial charge in [0.2, 0.25) is 0 Å². The highest BCUT2D eigenvalue weighted by Gasteiger charge is 2.17. The zero-order chi connectivity index (χ0) is 18.4. The van der Waals surface area contributed by atoms with Gasteiger partial charge in [-0.2, -0.15) is 0 Å². The minimum atomic E-state index is -0.139. The summed E-state index contributed by atoms with van der Waals surface area (Å²) in [6, 6.07) is 10.0. The van der Waals surface area contributed by atoms with E-state index in [1.807, 2.05) is 6.07 Å². The summed E-state index contributed by atoms with van der Waals surface area (Å²) >= 11 is 0. The fourth-order valence-corrected chi connectivity index (χ4v) is 3.27. The number of piperazine rings is 1. The number of nitrogens with zero attached hydrogens (tertiary/aromatic N) is 2. The largest absolute Gasteiger partial charge is 0.467 e. The molecule has 1 amide bonds. The molecular formula is C20H28N4O2. The van der Waals surface area contributed by atoms with Gasteiger partial charge in [-0.05, 0) is 23.7 Å². The lowest BCUT2D eigenvalue weighted by Crippen LogP contribution is -2.45. The van der Waals surface area contributed by atoms with E-state index >= 15 is 0 Å². The molecule has 1 aromatic carbocycles. The second-order valence-corrected chi connectivity index (χ2v) is 6.67. The zero-order valence-electron chi connectivity index (χ0n) is 15.4. The van der Waals surface area contributed by atoms with Gasteiger partial charge in [0.15, 0.2) is 0 Å². The maximum atomic E-state index is 12.3. The molecule has 1 saturated heterocycles. The van der Waals surface area contributed by atoms with Crippen LogP contribution in [0.1, 0.15) is 34.2 Å². The van der Waals surface area contributed by atoms with E-state index in [4.69, 9.17) is 10.2 Å². The summed E-state index contributed by atoms with van der Waals surface area (Å²) in [6.07, 6.45) is 1.46. The molecule has 3 N–H and O–H groups in total. The van der Waals surface area contributed by atoms with Gasteiger partial charge in [-0.3, -0.25) is 9.69 Å². The Labute approximate surface area is 154 Å². The summed E-state index contributed by atoms with van der Waals surface area (Å²) in [4.78, 5) is 17.2. The average Bonchev–Trinajstić information content (AvgIpc) is 3.17. The van der Waals surface area contributed by atoms with Crippen LogP contribution < -0.4 is 11.1 Å². The normalized spacial score (nSPS) is 15.9. The van der Waals surface area contributed by atoms with Gasteiger partial charge in [0, 0.05) is 39.3 Å². The summed E-state index contributed by atoms with van der Waals surface area (Å²) in [5.41, 5.74) is 8.46. The number of furan rings is 1. The van der Waals surface area contributed by atoms with Crippen LogP contribution in [-0.2, 0) is 19.6 Å². The molecule has 0 spiro atoms. The number of carbonyl (C=O) groups is 1. The van der Waals surface area contributed by atoms with Crippen molar-refractivity contribution in [2.24, 2.45) is 5.73 Å². The van der Waals surface area contributed by atoms with Crippen LogP contribution in [0.5, 0.6) is 0 Å². The number of nitrogens with two attached hydrogens (primary N) is 1. The molecule has 0 radical (unpaired) electrons. The van der Waals surface area contributed by atoms with Crippen molar-refractivity contribution in [3.05, 3.63) is 59.0 Å². The number of rotatable bonds is 7. The van der Waals surface area contributed by atoms with Crippen LogP contribution >= 0.6 is 0 Å². The molecule has 6 nitrogen and oxygen atoms in total. The molecule has 6 heteroatoms. The Bertz CT molecular complexity index is 720. The Kier molecular flexibility index (Phi) is 6.44. The lowest BCUT2D eigenvalue weighted by atomic mass is 10.1. The van der Waals surface area contributed by atoms with Crippen molar-refractivity contribution in [1.82, 2.24) is 15.1 Å². The van der Waals surface area contributed by atoms with Crippen LogP contribution in [0.3, 0.4) is 0 Å². The molecule has 0 bridgehead atoms. The number of benzene rings is 1. The molecule has 1 aliphatic heterocycles. The van der Waals surface area contributed by atoms with E-state index in [-0.39, 0.29) is 5.91 Å². The highest BCUT2D eigenvalue weighted by atomic mass is 16.3. The third-order valence-corrected chi connectivity index (χ3v) is 4.98. The van der Waals surface area contributed by atoms with Crippen molar-refractivity contribution in [3.8, 4) is 0 Å². The molecule has 2 heterocycles. The topological polar surface area (TPSA) is 74.7 Å². The van der Waals surface area contributed by atoms with Gasteiger partial charge in [-0.1, -0.05) is 31.2 Å². The van der Waals surface area contributed by atoms with Crippen LogP contribution in [0.4, 0.5) is 0 Å². The summed E-state index contributed by atoms with van der Waals surface area (Å²) in [5.74, 6) is 0.474. The van der Waals surface area contributed by atoms with E-state index in [2.05, 4.69) is 40.2 Å². The lowest BCUT2D eigenvalue weighted by molar-refractivity contribution is 0.0950. The maximum Gasteiger partial charge on any atom is 0.254 e. The highest BCUT2D eigenvalue weighted by Crippen LogP contribution is 2.14. The van der Waals surface area contributed by atoms with Crippen LogP contribution in [0.15, 0.2) is 41.0 Å². The first kappa shape index (κ1) is 18.6. The Morgan fingerprint density at radius 2 is 1.85 bits per heavy atom. The first-order valence-electron chi connectivity index (χ1n) is 9.26. The van der Waals surface area contributed by atoms with Gasteiger partial charge in [-0.25, -0.2) is 0 Å². The quantitative estimate of drug-likeness (QED) is 0.791. The molecule has 26 heavy (non-hydrogen) atoms. The molecule has 3 rings (SSSR count). The minimum absolute atomic E-state index is 0.139. The number of nitrogens with one attached hydrogen (secondary N) is 1.